The number of carbonyl (C=O) groups excluding carboxylic acids is 1. The monoisotopic (exact) mass is 395 g/mol. The van der Waals surface area contributed by atoms with Gasteiger partial charge >= 0.3 is 6.09 Å². The van der Waals surface area contributed by atoms with Crippen molar-refractivity contribution in [1.82, 2.24) is 9.88 Å². The Labute approximate surface area is 150 Å². The van der Waals surface area contributed by atoms with Crippen molar-refractivity contribution in [2.24, 2.45) is 5.92 Å². The summed E-state index contributed by atoms with van der Waals surface area (Å²) in [4.78, 5) is 17.8. The van der Waals surface area contributed by atoms with Crippen molar-refractivity contribution in [2.75, 3.05) is 19.7 Å². The number of hydrogen-bond donors (Lipinski definition) is 0. The van der Waals surface area contributed by atoms with Crippen LogP contribution in [0.4, 0.5) is 4.79 Å². The molecule has 0 N–H and O–H groups in total. The predicted molar refractivity (Wildman–Crippen MR) is 92.7 cm³/mol. The highest BCUT2D eigenvalue weighted by atomic mass is 79.9. The molecule has 0 atom stereocenters. The first-order valence-electron chi connectivity index (χ1n) is 7.95. The van der Waals surface area contributed by atoms with Crippen LogP contribution in [-0.4, -0.2) is 41.3 Å². The summed E-state index contributed by atoms with van der Waals surface area (Å²) in [6, 6.07) is 3.78. The Bertz CT molecular complexity index is 629. The Balaban J connectivity index is 1.83. The van der Waals surface area contributed by atoms with Crippen LogP contribution in [0.25, 0.3) is 0 Å². The van der Waals surface area contributed by atoms with E-state index in [2.05, 4.69) is 20.9 Å². The number of pyridine rings is 1. The summed E-state index contributed by atoms with van der Waals surface area (Å²) >= 11 is 3.33. The molecule has 0 spiro atoms. The van der Waals surface area contributed by atoms with Crippen LogP contribution in [0.2, 0.25) is 0 Å². The van der Waals surface area contributed by atoms with E-state index < -0.39 is 5.60 Å². The summed E-state index contributed by atoms with van der Waals surface area (Å²) in [6.07, 6.45) is 3.01. The molecule has 1 aliphatic rings. The summed E-state index contributed by atoms with van der Waals surface area (Å²) < 4.78 is 11.9. The van der Waals surface area contributed by atoms with Crippen LogP contribution in [0.1, 0.15) is 39.3 Å². The van der Waals surface area contributed by atoms with Gasteiger partial charge in [-0.25, -0.2) is 9.78 Å². The quantitative estimate of drug-likeness (QED) is 0.778. The van der Waals surface area contributed by atoms with Crippen molar-refractivity contribution < 1.29 is 14.3 Å². The molecule has 1 amide bonds. The van der Waals surface area contributed by atoms with E-state index >= 15 is 0 Å². The van der Waals surface area contributed by atoms with Crippen LogP contribution < -0.4 is 4.74 Å². The Kier molecular flexibility index (Phi) is 6.05. The van der Waals surface area contributed by atoms with E-state index in [-0.39, 0.29) is 11.8 Å². The van der Waals surface area contributed by atoms with Crippen molar-refractivity contribution >= 4 is 22.0 Å². The fourth-order valence-corrected chi connectivity index (χ4v) is 2.74. The van der Waals surface area contributed by atoms with Crippen LogP contribution in [0.5, 0.6) is 5.75 Å². The van der Waals surface area contributed by atoms with Gasteiger partial charge in [-0.15, -0.1) is 0 Å². The molecule has 1 saturated heterocycles. The molecule has 7 heteroatoms. The Hall–Kier alpha value is -1.81. The van der Waals surface area contributed by atoms with Gasteiger partial charge in [0.05, 0.1) is 6.61 Å². The van der Waals surface area contributed by atoms with Crippen molar-refractivity contribution in [3.05, 3.63) is 22.4 Å². The zero-order valence-electron chi connectivity index (χ0n) is 14.2. The van der Waals surface area contributed by atoms with Crippen LogP contribution in [-0.2, 0) is 4.74 Å². The van der Waals surface area contributed by atoms with Gasteiger partial charge in [-0.1, -0.05) is 0 Å². The smallest absolute Gasteiger partial charge is 0.410 e. The molecule has 0 aromatic carbocycles. The number of halogens is 1. The first-order chi connectivity index (χ1) is 11.3. The van der Waals surface area contributed by atoms with Crippen LogP contribution in [0.15, 0.2) is 16.7 Å². The Morgan fingerprint density at radius 2 is 2.12 bits per heavy atom. The molecule has 0 aliphatic carbocycles. The molecule has 1 aromatic rings. The topological polar surface area (TPSA) is 75.4 Å². The predicted octanol–water partition coefficient (Wildman–Crippen LogP) is 3.74. The zero-order valence-corrected chi connectivity index (χ0v) is 15.8. The molecule has 1 aromatic heterocycles. The minimum Gasteiger partial charge on any atom is -0.490 e. The maximum absolute atomic E-state index is 12.0. The fraction of sp³-hybridized carbons (Fsp3) is 0.588. The number of piperidine rings is 1. The third-order valence-corrected chi connectivity index (χ3v) is 4.10. The van der Waals surface area contributed by atoms with Gasteiger partial charge in [0.2, 0.25) is 0 Å². The van der Waals surface area contributed by atoms with Crippen molar-refractivity contribution in [3.63, 3.8) is 0 Å². The van der Waals surface area contributed by atoms with E-state index in [0.717, 1.165) is 17.3 Å². The molecule has 2 heterocycles. The molecule has 6 nitrogen and oxygen atoms in total. The minimum atomic E-state index is -0.474. The molecule has 24 heavy (non-hydrogen) atoms. The average molecular weight is 396 g/mol. The maximum atomic E-state index is 12.0. The molecule has 130 valence electrons. The van der Waals surface area contributed by atoms with Gasteiger partial charge in [-0.3, -0.25) is 0 Å². The van der Waals surface area contributed by atoms with Crippen molar-refractivity contribution in [1.29, 1.82) is 5.26 Å². The molecular weight excluding hydrogens is 374 g/mol. The Morgan fingerprint density at radius 1 is 1.46 bits per heavy atom. The van der Waals surface area contributed by atoms with Gasteiger partial charge in [-0.05, 0) is 61.5 Å². The second kappa shape index (κ2) is 7.84. The third-order valence-electron chi connectivity index (χ3n) is 3.67. The number of nitrogens with zero attached hydrogens (tertiary/aromatic N) is 3. The summed E-state index contributed by atoms with van der Waals surface area (Å²) in [5.41, 5.74) is -0.192. The van der Waals surface area contributed by atoms with Gasteiger partial charge in [0.15, 0.2) is 11.4 Å². The largest absolute Gasteiger partial charge is 0.490 e. The highest BCUT2D eigenvalue weighted by Gasteiger charge is 2.27. The lowest BCUT2D eigenvalue weighted by Crippen LogP contribution is -2.42. The molecule has 0 bridgehead atoms. The molecule has 0 saturated carbocycles. The van der Waals surface area contributed by atoms with Gasteiger partial charge in [0.1, 0.15) is 11.7 Å². The zero-order chi connectivity index (χ0) is 17.7. The first kappa shape index (κ1) is 18.5. The highest BCUT2D eigenvalue weighted by molar-refractivity contribution is 9.10. The van der Waals surface area contributed by atoms with Gasteiger partial charge in [-0.2, -0.15) is 5.26 Å². The summed E-state index contributed by atoms with van der Waals surface area (Å²) in [5, 5.41) is 9.07. The first-order valence-corrected chi connectivity index (χ1v) is 8.74. The normalized spacial score (nSPS) is 15.7. The summed E-state index contributed by atoms with van der Waals surface area (Å²) in [5.74, 6) is 0.829. The molecule has 1 fully saturated rings. The number of likely N-dealkylation sites (tertiary alicyclic amines) is 1. The van der Waals surface area contributed by atoms with E-state index in [0.29, 0.717) is 31.4 Å². The highest BCUT2D eigenvalue weighted by Crippen LogP contribution is 2.24. The number of nitriles is 1. The van der Waals surface area contributed by atoms with E-state index in [4.69, 9.17) is 14.7 Å². The number of hydrogen-bond acceptors (Lipinski definition) is 5. The number of rotatable bonds is 3. The van der Waals surface area contributed by atoms with E-state index in [1.807, 2.05) is 26.8 Å². The maximum Gasteiger partial charge on any atom is 0.410 e. The van der Waals surface area contributed by atoms with E-state index in [9.17, 15) is 4.79 Å². The van der Waals surface area contributed by atoms with Crippen LogP contribution in [0.3, 0.4) is 0 Å². The van der Waals surface area contributed by atoms with Crippen molar-refractivity contribution in [2.45, 2.75) is 39.2 Å². The molecular formula is C17H22BrN3O3. The average Bonchev–Trinajstić information content (AvgIpc) is 2.52. The fourth-order valence-electron chi connectivity index (χ4n) is 2.43. The number of amides is 1. The molecule has 1 aliphatic heterocycles. The lowest BCUT2D eigenvalue weighted by molar-refractivity contribution is 0.0165. The number of aromatic nitrogens is 1. The standard InChI is InChI=1S/C17H22BrN3O3/c1-17(2,3)24-16(22)21-6-4-12(5-7-21)11-23-15-8-13(18)10-20-14(15)9-19/h8,10,12H,4-7,11H2,1-3H3. The SMILES string of the molecule is CC(C)(C)OC(=O)N1CCC(COc2cc(Br)cnc2C#N)CC1. The van der Waals surface area contributed by atoms with Gasteiger partial charge in [0, 0.05) is 23.8 Å². The lowest BCUT2D eigenvalue weighted by Gasteiger charge is -2.33. The molecule has 2 rings (SSSR count). The van der Waals surface area contributed by atoms with Gasteiger partial charge in [0.25, 0.3) is 0 Å². The molecule has 0 unspecified atom stereocenters. The van der Waals surface area contributed by atoms with E-state index in [1.165, 1.54) is 0 Å². The minimum absolute atomic E-state index is 0.259. The number of ether oxygens (including phenoxy) is 2. The second-order valence-electron chi connectivity index (χ2n) is 6.83. The van der Waals surface area contributed by atoms with Crippen LogP contribution >= 0.6 is 15.9 Å². The summed E-state index contributed by atoms with van der Waals surface area (Å²) in [6.45, 7) is 7.42. The lowest BCUT2D eigenvalue weighted by atomic mass is 9.98. The third kappa shape index (κ3) is 5.38. The summed E-state index contributed by atoms with van der Waals surface area (Å²) in [7, 11) is 0. The Morgan fingerprint density at radius 3 is 2.71 bits per heavy atom. The van der Waals surface area contributed by atoms with Crippen molar-refractivity contribution in [3.8, 4) is 11.8 Å². The van der Waals surface area contributed by atoms with E-state index in [1.54, 1.807) is 17.2 Å². The van der Waals surface area contributed by atoms with Crippen LogP contribution in [0, 0.1) is 17.2 Å². The van der Waals surface area contributed by atoms with Gasteiger partial charge < -0.3 is 14.4 Å². The molecule has 0 radical (unpaired) electrons. The second-order valence-corrected chi connectivity index (χ2v) is 7.75. The number of carbonyl (C=O) groups is 1.